The minimum absolute atomic E-state index is 0.0508. The third-order valence-electron chi connectivity index (χ3n) is 4.36. The number of urea groups is 1. The molecule has 0 saturated carbocycles. The summed E-state index contributed by atoms with van der Waals surface area (Å²) in [7, 11) is 0. The van der Waals surface area contributed by atoms with Crippen LogP contribution in [0.25, 0.3) is 0 Å². The molecule has 7 heteroatoms. The molecule has 2 fully saturated rings. The SMILES string of the molecule is NC(=O)N1CCCC(C(=O)N2CC(Oc3ccc(F)cc3)C2)C1. The van der Waals surface area contributed by atoms with E-state index in [0.29, 0.717) is 31.9 Å². The number of carbonyl (C=O) groups excluding carboxylic acids is 2. The smallest absolute Gasteiger partial charge is 0.314 e. The Morgan fingerprint density at radius 3 is 2.48 bits per heavy atom. The predicted octanol–water partition coefficient (Wildman–Crippen LogP) is 1.21. The van der Waals surface area contributed by atoms with Crippen molar-refractivity contribution in [3.63, 3.8) is 0 Å². The second-order valence-electron chi connectivity index (χ2n) is 6.06. The lowest BCUT2D eigenvalue weighted by atomic mass is 9.95. The molecule has 0 bridgehead atoms. The topological polar surface area (TPSA) is 75.9 Å². The number of halogens is 1. The molecule has 3 rings (SSSR count). The number of nitrogens with two attached hydrogens (primary N) is 1. The largest absolute Gasteiger partial charge is 0.487 e. The number of rotatable bonds is 3. The van der Waals surface area contributed by atoms with Crippen molar-refractivity contribution in [2.75, 3.05) is 26.2 Å². The van der Waals surface area contributed by atoms with Gasteiger partial charge in [0.1, 0.15) is 17.7 Å². The number of ether oxygens (including phenoxy) is 1. The minimum Gasteiger partial charge on any atom is -0.487 e. The highest BCUT2D eigenvalue weighted by molar-refractivity contribution is 5.81. The van der Waals surface area contributed by atoms with Crippen molar-refractivity contribution in [1.82, 2.24) is 9.80 Å². The molecule has 2 saturated heterocycles. The number of benzene rings is 1. The fourth-order valence-corrected chi connectivity index (χ4v) is 3.04. The van der Waals surface area contributed by atoms with E-state index in [9.17, 15) is 14.0 Å². The highest BCUT2D eigenvalue weighted by atomic mass is 19.1. The van der Waals surface area contributed by atoms with E-state index in [1.54, 1.807) is 17.0 Å². The van der Waals surface area contributed by atoms with Crippen molar-refractivity contribution in [3.05, 3.63) is 30.1 Å². The zero-order chi connectivity index (χ0) is 16.4. The van der Waals surface area contributed by atoms with Gasteiger partial charge in [-0.3, -0.25) is 4.79 Å². The Balaban J connectivity index is 1.47. The first-order valence-corrected chi connectivity index (χ1v) is 7.78. The van der Waals surface area contributed by atoms with E-state index in [1.807, 2.05) is 0 Å². The summed E-state index contributed by atoms with van der Waals surface area (Å²) in [6, 6.07) is 5.37. The Hall–Kier alpha value is -2.31. The van der Waals surface area contributed by atoms with Crippen LogP contribution in [0.3, 0.4) is 0 Å². The number of piperidine rings is 1. The first-order valence-electron chi connectivity index (χ1n) is 7.78. The Morgan fingerprint density at radius 1 is 1.13 bits per heavy atom. The van der Waals surface area contributed by atoms with Crippen LogP contribution in [0.2, 0.25) is 0 Å². The van der Waals surface area contributed by atoms with Crippen molar-refractivity contribution >= 4 is 11.9 Å². The normalized spacial score (nSPS) is 21.7. The molecule has 2 aliphatic rings. The maximum absolute atomic E-state index is 12.8. The zero-order valence-corrected chi connectivity index (χ0v) is 12.8. The first-order chi connectivity index (χ1) is 11.0. The quantitative estimate of drug-likeness (QED) is 0.909. The standard InChI is InChI=1S/C16H20FN3O3/c17-12-3-5-13(6-4-12)23-14-9-20(10-14)15(21)11-2-1-7-19(8-11)16(18)22/h3-6,11,14H,1-2,7-10H2,(H2,18,22). The Bertz CT molecular complexity index is 587. The van der Waals surface area contributed by atoms with Crippen molar-refractivity contribution in [2.24, 2.45) is 11.7 Å². The number of primary amides is 1. The maximum Gasteiger partial charge on any atom is 0.314 e. The number of hydrogen-bond acceptors (Lipinski definition) is 3. The van der Waals surface area contributed by atoms with Gasteiger partial charge in [-0.15, -0.1) is 0 Å². The Kier molecular flexibility index (Phi) is 4.36. The summed E-state index contributed by atoms with van der Waals surface area (Å²) in [5, 5.41) is 0. The lowest BCUT2D eigenvalue weighted by molar-refractivity contribution is -0.145. The van der Waals surface area contributed by atoms with E-state index in [0.717, 1.165) is 12.8 Å². The third-order valence-corrected chi connectivity index (χ3v) is 4.36. The fraction of sp³-hybridized carbons (Fsp3) is 0.500. The molecule has 1 aromatic rings. The van der Waals surface area contributed by atoms with Gasteiger partial charge in [0, 0.05) is 13.1 Å². The van der Waals surface area contributed by atoms with Gasteiger partial charge in [-0.1, -0.05) is 0 Å². The summed E-state index contributed by atoms with van der Waals surface area (Å²) in [6.07, 6.45) is 1.51. The van der Waals surface area contributed by atoms with Gasteiger partial charge in [0.25, 0.3) is 0 Å². The van der Waals surface area contributed by atoms with Crippen LogP contribution < -0.4 is 10.5 Å². The summed E-state index contributed by atoms with van der Waals surface area (Å²) in [6.45, 7) is 2.05. The van der Waals surface area contributed by atoms with E-state index >= 15 is 0 Å². The lowest BCUT2D eigenvalue weighted by Gasteiger charge is -2.42. The van der Waals surface area contributed by atoms with Gasteiger partial charge in [-0.2, -0.15) is 0 Å². The summed E-state index contributed by atoms with van der Waals surface area (Å²) in [4.78, 5) is 26.9. The summed E-state index contributed by atoms with van der Waals surface area (Å²) in [5.74, 6) is 0.165. The predicted molar refractivity (Wildman–Crippen MR) is 81.3 cm³/mol. The van der Waals surface area contributed by atoms with E-state index in [1.165, 1.54) is 17.0 Å². The molecule has 6 nitrogen and oxygen atoms in total. The molecule has 0 radical (unpaired) electrons. The van der Waals surface area contributed by atoms with E-state index in [-0.39, 0.29) is 23.7 Å². The average Bonchev–Trinajstić information content (AvgIpc) is 2.51. The van der Waals surface area contributed by atoms with Crippen LogP contribution in [-0.4, -0.2) is 54.0 Å². The van der Waals surface area contributed by atoms with E-state index < -0.39 is 6.03 Å². The fourth-order valence-electron chi connectivity index (χ4n) is 3.04. The highest BCUT2D eigenvalue weighted by Crippen LogP contribution is 2.24. The zero-order valence-electron chi connectivity index (χ0n) is 12.8. The first kappa shape index (κ1) is 15.6. The van der Waals surface area contributed by atoms with Gasteiger partial charge in [-0.25, -0.2) is 9.18 Å². The summed E-state index contributed by atoms with van der Waals surface area (Å²) < 4.78 is 18.5. The van der Waals surface area contributed by atoms with Crippen molar-refractivity contribution in [1.29, 1.82) is 0 Å². The van der Waals surface area contributed by atoms with Gasteiger partial charge in [0.15, 0.2) is 0 Å². The van der Waals surface area contributed by atoms with Crippen molar-refractivity contribution in [2.45, 2.75) is 18.9 Å². The molecular formula is C16H20FN3O3. The monoisotopic (exact) mass is 321 g/mol. The molecule has 3 amide bonds. The van der Waals surface area contributed by atoms with Crippen molar-refractivity contribution < 1.29 is 18.7 Å². The van der Waals surface area contributed by atoms with Gasteiger partial charge < -0.3 is 20.3 Å². The molecule has 1 atom stereocenters. The number of hydrogen-bond donors (Lipinski definition) is 1. The third kappa shape index (κ3) is 3.55. The van der Waals surface area contributed by atoms with Crippen LogP contribution in [0.1, 0.15) is 12.8 Å². The lowest BCUT2D eigenvalue weighted by Crippen LogP contribution is -2.59. The molecular weight excluding hydrogens is 301 g/mol. The van der Waals surface area contributed by atoms with Crippen LogP contribution in [0.15, 0.2) is 24.3 Å². The van der Waals surface area contributed by atoms with Crippen LogP contribution in [-0.2, 0) is 4.79 Å². The van der Waals surface area contributed by atoms with Gasteiger partial charge in [0.05, 0.1) is 19.0 Å². The molecule has 0 spiro atoms. The number of carbonyl (C=O) groups is 2. The maximum atomic E-state index is 12.8. The Labute approximate surface area is 134 Å². The summed E-state index contributed by atoms with van der Waals surface area (Å²) >= 11 is 0. The van der Waals surface area contributed by atoms with Gasteiger partial charge >= 0.3 is 6.03 Å². The summed E-state index contributed by atoms with van der Waals surface area (Å²) in [5.41, 5.74) is 5.29. The van der Waals surface area contributed by atoms with Crippen LogP contribution in [0, 0.1) is 11.7 Å². The van der Waals surface area contributed by atoms with Crippen LogP contribution in [0.5, 0.6) is 5.75 Å². The minimum atomic E-state index is -0.469. The average molecular weight is 321 g/mol. The highest BCUT2D eigenvalue weighted by Gasteiger charge is 2.37. The molecule has 124 valence electrons. The van der Waals surface area contributed by atoms with Crippen LogP contribution >= 0.6 is 0 Å². The van der Waals surface area contributed by atoms with E-state index in [4.69, 9.17) is 10.5 Å². The molecule has 2 heterocycles. The number of nitrogens with zero attached hydrogens (tertiary/aromatic N) is 2. The number of likely N-dealkylation sites (tertiary alicyclic amines) is 2. The second-order valence-corrected chi connectivity index (χ2v) is 6.06. The molecule has 23 heavy (non-hydrogen) atoms. The molecule has 1 aromatic carbocycles. The second kappa shape index (κ2) is 6.44. The Morgan fingerprint density at radius 2 is 1.83 bits per heavy atom. The molecule has 0 aliphatic carbocycles. The number of amides is 3. The van der Waals surface area contributed by atoms with Crippen molar-refractivity contribution in [3.8, 4) is 5.75 Å². The van der Waals surface area contributed by atoms with Gasteiger partial charge in [0.2, 0.25) is 5.91 Å². The molecule has 2 aliphatic heterocycles. The van der Waals surface area contributed by atoms with Crippen LogP contribution in [0.4, 0.5) is 9.18 Å². The molecule has 1 unspecified atom stereocenters. The molecule has 2 N–H and O–H groups in total. The molecule has 0 aromatic heterocycles. The van der Waals surface area contributed by atoms with E-state index in [2.05, 4.69) is 0 Å². The van der Waals surface area contributed by atoms with Gasteiger partial charge in [-0.05, 0) is 37.1 Å².